The van der Waals surface area contributed by atoms with Crippen molar-refractivity contribution in [2.45, 2.75) is 57.2 Å². The van der Waals surface area contributed by atoms with E-state index in [4.69, 9.17) is 4.74 Å². The molecule has 0 aromatic carbocycles. The Labute approximate surface area is 108 Å². The molecule has 2 nitrogen and oxygen atoms in total. The van der Waals surface area contributed by atoms with E-state index in [9.17, 15) is 5.11 Å². The average Bonchev–Trinajstić information content (AvgIpc) is 2.88. The highest BCUT2D eigenvalue weighted by Gasteiger charge is 2.15. The Balaban J connectivity index is 1.58. The van der Waals surface area contributed by atoms with Gasteiger partial charge in [-0.25, -0.2) is 0 Å². The maximum atomic E-state index is 9.93. The topological polar surface area (TPSA) is 29.5 Å². The third-order valence-electron chi connectivity index (χ3n) is 3.44. The summed E-state index contributed by atoms with van der Waals surface area (Å²) in [5, 5.41) is 14.2. The van der Waals surface area contributed by atoms with Crippen LogP contribution in [0.1, 0.15) is 44.1 Å². The lowest BCUT2D eigenvalue weighted by molar-refractivity contribution is 0.00178. The molecule has 1 aliphatic heterocycles. The van der Waals surface area contributed by atoms with Crippen molar-refractivity contribution in [2.24, 2.45) is 0 Å². The van der Waals surface area contributed by atoms with E-state index in [0.717, 1.165) is 32.3 Å². The molecule has 2 rings (SSSR count). The Morgan fingerprint density at radius 3 is 3.06 bits per heavy atom. The van der Waals surface area contributed by atoms with Crippen molar-refractivity contribution in [3.63, 3.8) is 0 Å². The summed E-state index contributed by atoms with van der Waals surface area (Å²) in [5.41, 5.74) is 1.35. The van der Waals surface area contributed by atoms with Gasteiger partial charge in [-0.3, -0.25) is 0 Å². The van der Waals surface area contributed by atoms with E-state index in [1.54, 1.807) is 11.3 Å². The largest absolute Gasteiger partial charge is 0.393 e. The fourth-order valence-corrected chi connectivity index (χ4v) is 3.03. The summed E-state index contributed by atoms with van der Waals surface area (Å²) in [5.74, 6) is 0. The van der Waals surface area contributed by atoms with Crippen LogP contribution in [0.15, 0.2) is 16.8 Å². The first-order valence-corrected chi connectivity index (χ1v) is 7.59. The Hall–Kier alpha value is -0.380. The van der Waals surface area contributed by atoms with Crippen LogP contribution < -0.4 is 0 Å². The number of aliphatic hydroxyl groups excluding tert-OH is 1. The Kier molecular flexibility index (Phi) is 5.49. The lowest BCUT2D eigenvalue weighted by Crippen LogP contribution is -2.21. The first-order valence-electron chi connectivity index (χ1n) is 6.65. The molecule has 1 saturated heterocycles. The van der Waals surface area contributed by atoms with Crippen molar-refractivity contribution < 1.29 is 9.84 Å². The van der Waals surface area contributed by atoms with Gasteiger partial charge in [0.05, 0.1) is 12.2 Å². The first kappa shape index (κ1) is 13.1. The van der Waals surface area contributed by atoms with Crippen LogP contribution in [0, 0.1) is 0 Å². The molecule has 2 unspecified atom stereocenters. The maximum Gasteiger partial charge on any atom is 0.0576 e. The molecule has 1 aromatic heterocycles. The van der Waals surface area contributed by atoms with Crippen LogP contribution in [-0.4, -0.2) is 23.9 Å². The van der Waals surface area contributed by atoms with E-state index in [1.807, 2.05) is 0 Å². The number of hydrogen-bond acceptors (Lipinski definition) is 3. The van der Waals surface area contributed by atoms with Crippen LogP contribution in [0.4, 0.5) is 0 Å². The maximum absolute atomic E-state index is 9.93. The van der Waals surface area contributed by atoms with Gasteiger partial charge >= 0.3 is 0 Å². The molecule has 0 bridgehead atoms. The SMILES string of the molecule is OC(CCc1ccsc1)CCC1CCCCO1. The van der Waals surface area contributed by atoms with E-state index < -0.39 is 0 Å². The van der Waals surface area contributed by atoms with Gasteiger partial charge in [-0.2, -0.15) is 11.3 Å². The van der Waals surface area contributed by atoms with Gasteiger partial charge in [-0.1, -0.05) is 0 Å². The third-order valence-corrected chi connectivity index (χ3v) is 4.17. The average molecular weight is 254 g/mol. The Morgan fingerprint density at radius 2 is 2.35 bits per heavy atom. The summed E-state index contributed by atoms with van der Waals surface area (Å²) in [6, 6.07) is 2.14. The van der Waals surface area contributed by atoms with Crippen molar-refractivity contribution in [3.05, 3.63) is 22.4 Å². The van der Waals surface area contributed by atoms with Crippen LogP contribution in [0.2, 0.25) is 0 Å². The molecule has 3 heteroatoms. The highest BCUT2D eigenvalue weighted by Crippen LogP contribution is 2.19. The van der Waals surface area contributed by atoms with Crippen molar-refractivity contribution in [2.75, 3.05) is 6.61 Å². The second-order valence-corrected chi connectivity index (χ2v) is 5.67. The van der Waals surface area contributed by atoms with Crippen molar-refractivity contribution in [1.29, 1.82) is 0 Å². The molecule has 96 valence electrons. The summed E-state index contributed by atoms with van der Waals surface area (Å²) in [6.07, 6.45) is 7.68. The van der Waals surface area contributed by atoms with E-state index >= 15 is 0 Å². The summed E-state index contributed by atoms with van der Waals surface area (Å²) in [6.45, 7) is 0.912. The molecule has 0 saturated carbocycles. The zero-order valence-corrected chi connectivity index (χ0v) is 11.1. The first-order chi connectivity index (χ1) is 8.34. The minimum atomic E-state index is -0.166. The number of rotatable bonds is 6. The molecular weight excluding hydrogens is 232 g/mol. The van der Waals surface area contributed by atoms with Gasteiger partial charge in [0.25, 0.3) is 0 Å². The molecule has 17 heavy (non-hydrogen) atoms. The van der Waals surface area contributed by atoms with E-state index in [0.29, 0.717) is 6.10 Å². The second-order valence-electron chi connectivity index (χ2n) is 4.89. The zero-order chi connectivity index (χ0) is 11.9. The van der Waals surface area contributed by atoms with Gasteiger partial charge in [0.15, 0.2) is 0 Å². The molecule has 0 radical (unpaired) electrons. The highest BCUT2D eigenvalue weighted by atomic mass is 32.1. The van der Waals surface area contributed by atoms with Gasteiger partial charge in [0.2, 0.25) is 0 Å². The molecule has 1 aromatic rings. The normalized spacial score (nSPS) is 22.5. The fourth-order valence-electron chi connectivity index (χ4n) is 2.33. The Bertz CT molecular complexity index is 291. The smallest absolute Gasteiger partial charge is 0.0576 e. The molecule has 1 aliphatic rings. The van der Waals surface area contributed by atoms with Crippen LogP contribution in [0.3, 0.4) is 0 Å². The van der Waals surface area contributed by atoms with Crippen molar-refractivity contribution >= 4 is 11.3 Å². The second kappa shape index (κ2) is 7.14. The standard InChI is InChI=1S/C14H22O2S/c15-13(5-4-12-8-10-17-11-12)6-7-14-3-1-2-9-16-14/h8,10-11,13-15H,1-7,9H2. The van der Waals surface area contributed by atoms with Gasteiger partial charge < -0.3 is 9.84 Å². The van der Waals surface area contributed by atoms with Gasteiger partial charge in [0.1, 0.15) is 0 Å². The molecular formula is C14H22O2S. The van der Waals surface area contributed by atoms with Crippen LogP contribution >= 0.6 is 11.3 Å². The molecule has 0 amide bonds. The molecule has 2 atom stereocenters. The number of aryl methyl sites for hydroxylation is 1. The number of thiophene rings is 1. The van der Waals surface area contributed by atoms with E-state index in [2.05, 4.69) is 16.8 Å². The lowest BCUT2D eigenvalue weighted by Gasteiger charge is -2.23. The van der Waals surface area contributed by atoms with Crippen LogP contribution in [0.25, 0.3) is 0 Å². The summed E-state index contributed by atoms with van der Waals surface area (Å²) in [7, 11) is 0. The third kappa shape index (κ3) is 4.78. The minimum absolute atomic E-state index is 0.166. The number of aliphatic hydroxyl groups is 1. The summed E-state index contributed by atoms with van der Waals surface area (Å²) in [4.78, 5) is 0. The number of hydrogen-bond donors (Lipinski definition) is 1. The van der Waals surface area contributed by atoms with Crippen LogP contribution in [0.5, 0.6) is 0 Å². The monoisotopic (exact) mass is 254 g/mol. The van der Waals surface area contributed by atoms with E-state index in [1.165, 1.54) is 24.8 Å². The van der Waals surface area contributed by atoms with Crippen molar-refractivity contribution in [1.82, 2.24) is 0 Å². The lowest BCUT2D eigenvalue weighted by atomic mass is 10.00. The molecule has 1 fully saturated rings. The highest BCUT2D eigenvalue weighted by molar-refractivity contribution is 7.07. The quantitative estimate of drug-likeness (QED) is 0.843. The van der Waals surface area contributed by atoms with Gasteiger partial charge in [-0.15, -0.1) is 0 Å². The molecule has 2 heterocycles. The van der Waals surface area contributed by atoms with Gasteiger partial charge in [-0.05, 0) is 67.3 Å². The number of ether oxygens (including phenoxy) is 1. The van der Waals surface area contributed by atoms with Crippen LogP contribution in [-0.2, 0) is 11.2 Å². The molecule has 0 spiro atoms. The molecule has 0 aliphatic carbocycles. The predicted molar refractivity (Wildman–Crippen MR) is 71.5 cm³/mol. The minimum Gasteiger partial charge on any atom is -0.393 e. The predicted octanol–water partition coefficient (Wildman–Crippen LogP) is 3.39. The summed E-state index contributed by atoms with van der Waals surface area (Å²) >= 11 is 1.73. The zero-order valence-electron chi connectivity index (χ0n) is 10.3. The fraction of sp³-hybridized carbons (Fsp3) is 0.714. The van der Waals surface area contributed by atoms with E-state index in [-0.39, 0.29) is 6.10 Å². The summed E-state index contributed by atoms with van der Waals surface area (Å²) < 4.78 is 5.67. The Morgan fingerprint density at radius 1 is 1.41 bits per heavy atom. The van der Waals surface area contributed by atoms with Gasteiger partial charge in [0, 0.05) is 6.61 Å². The molecule has 1 N–H and O–H groups in total. The van der Waals surface area contributed by atoms with Crippen molar-refractivity contribution in [3.8, 4) is 0 Å².